The highest BCUT2D eigenvalue weighted by molar-refractivity contribution is 7.89. The molecule has 1 fully saturated rings. The summed E-state index contributed by atoms with van der Waals surface area (Å²) in [6, 6.07) is 0.569. The van der Waals surface area contributed by atoms with Gasteiger partial charge in [-0.1, -0.05) is 13.3 Å². The molecule has 0 aromatic rings. The SMILES string of the molecule is CCCNCCS(=O)(=O)NN1C(C)CCCC1C. The first-order chi connectivity index (χ1) is 8.46. The summed E-state index contributed by atoms with van der Waals surface area (Å²) in [6.45, 7) is 7.60. The van der Waals surface area contributed by atoms with Crippen LogP contribution in [-0.2, 0) is 10.0 Å². The molecule has 1 aliphatic rings. The first kappa shape index (κ1) is 15.9. The Balaban J connectivity index is 2.43. The minimum Gasteiger partial charge on any atom is -0.316 e. The molecule has 108 valence electrons. The lowest BCUT2D eigenvalue weighted by Crippen LogP contribution is -2.54. The Hall–Kier alpha value is -0.170. The normalized spacial score (nSPS) is 26.4. The second-order valence-electron chi connectivity index (χ2n) is 5.20. The maximum atomic E-state index is 12.0. The minimum absolute atomic E-state index is 0.142. The highest BCUT2D eigenvalue weighted by Crippen LogP contribution is 2.20. The second kappa shape index (κ2) is 7.43. The van der Waals surface area contributed by atoms with Crippen molar-refractivity contribution in [2.45, 2.75) is 58.5 Å². The van der Waals surface area contributed by atoms with Gasteiger partial charge in [0, 0.05) is 18.6 Å². The van der Waals surface area contributed by atoms with Crippen LogP contribution in [0.4, 0.5) is 0 Å². The van der Waals surface area contributed by atoms with Crippen molar-refractivity contribution in [3.63, 3.8) is 0 Å². The van der Waals surface area contributed by atoms with E-state index >= 15 is 0 Å². The van der Waals surface area contributed by atoms with Crippen LogP contribution in [0.1, 0.15) is 46.5 Å². The molecule has 2 N–H and O–H groups in total. The number of hydrazine groups is 1. The highest BCUT2D eigenvalue weighted by Gasteiger charge is 2.27. The fraction of sp³-hybridized carbons (Fsp3) is 1.00. The van der Waals surface area contributed by atoms with Crippen molar-refractivity contribution in [1.29, 1.82) is 0 Å². The van der Waals surface area contributed by atoms with Gasteiger partial charge in [0.25, 0.3) is 0 Å². The second-order valence-corrected chi connectivity index (χ2v) is 7.02. The third-order valence-corrected chi connectivity index (χ3v) is 4.64. The van der Waals surface area contributed by atoms with Crippen LogP contribution in [0.2, 0.25) is 0 Å². The van der Waals surface area contributed by atoms with E-state index in [0.29, 0.717) is 6.54 Å². The van der Waals surface area contributed by atoms with E-state index in [1.165, 1.54) is 6.42 Å². The molecule has 1 aliphatic heterocycles. The maximum Gasteiger partial charge on any atom is 0.225 e. The minimum atomic E-state index is -3.21. The lowest BCUT2D eigenvalue weighted by Gasteiger charge is -2.38. The Kier molecular flexibility index (Phi) is 6.55. The van der Waals surface area contributed by atoms with Gasteiger partial charge in [-0.3, -0.25) is 0 Å². The Morgan fingerprint density at radius 1 is 1.17 bits per heavy atom. The van der Waals surface area contributed by atoms with E-state index < -0.39 is 10.0 Å². The molecule has 0 aromatic carbocycles. The molecular formula is C12H27N3O2S. The van der Waals surface area contributed by atoms with Gasteiger partial charge in [-0.15, -0.1) is 4.83 Å². The lowest BCUT2D eigenvalue weighted by molar-refractivity contribution is 0.0790. The van der Waals surface area contributed by atoms with Crippen LogP contribution in [0.25, 0.3) is 0 Å². The lowest BCUT2D eigenvalue weighted by atomic mass is 10.0. The van der Waals surface area contributed by atoms with E-state index in [1.807, 2.05) is 5.01 Å². The Morgan fingerprint density at radius 3 is 2.33 bits per heavy atom. The van der Waals surface area contributed by atoms with Gasteiger partial charge in [0.05, 0.1) is 5.75 Å². The van der Waals surface area contributed by atoms with Gasteiger partial charge < -0.3 is 5.32 Å². The van der Waals surface area contributed by atoms with Crippen molar-refractivity contribution in [3.05, 3.63) is 0 Å². The van der Waals surface area contributed by atoms with Gasteiger partial charge in [-0.2, -0.15) is 0 Å². The molecular weight excluding hydrogens is 250 g/mol. The standard InChI is InChI=1S/C12H27N3O2S/c1-4-8-13-9-10-18(16,17)14-15-11(2)6-5-7-12(15)3/h11-14H,4-10H2,1-3H3. The maximum absolute atomic E-state index is 12.0. The first-order valence-corrected chi connectivity index (χ1v) is 8.60. The van der Waals surface area contributed by atoms with Crippen LogP contribution >= 0.6 is 0 Å². The van der Waals surface area contributed by atoms with E-state index in [9.17, 15) is 8.42 Å². The topological polar surface area (TPSA) is 61.4 Å². The fourth-order valence-electron chi connectivity index (χ4n) is 2.32. The van der Waals surface area contributed by atoms with Crippen LogP contribution in [0.15, 0.2) is 0 Å². The quantitative estimate of drug-likeness (QED) is 0.684. The van der Waals surface area contributed by atoms with E-state index in [1.54, 1.807) is 0 Å². The van der Waals surface area contributed by atoms with Gasteiger partial charge in [0.15, 0.2) is 0 Å². The number of nitrogens with zero attached hydrogens (tertiary/aromatic N) is 1. The molecule has 2 unspecified atom stereocenters. The third-order valence-electron chi connectivity index (χ3n) is 3.41. The van der Waals surface area contributed by atoms with E-state index in [0.717, 1.165) is 25.8 Å². The summed E-state index contributed by atoms with van der Waals surface area (Å²) in [5, 5.41) is 5.01. The molecule has 18 heavy (non-hydrogen) atoms. The summed E-state index contributed by atoms with van der Waals surface area (Å²) in [5.74, 6) is 0.142. The summed E-state index contributed by atoms with van der Waals surface area (Å²) in [6.07, 6.45) is 4.31. The van der Waals surface area contributed by atoms with Crippen molar-refractivity contribution in [2.24, 2.45) is 0 Å². The van der Waals surface area contributed by atoms with Crippen molar-refractivity contribution >= 4 is 10.0 Å². The molecule has 1 saturated heterocycles. The molecule has 6 heteroatoms. The average Bonchev–Trinajstić information content (AvgIpc) is 2.30. The van der Waals surface area contributed by atoms with E-state index in [-0.39, 0.29) is 17.8 Å². The van der Waals surface area contributed by atoms with Gasteiger partial charge in [0.2, 0.25) is 10.0 Å². The van der Waals surface area contributed by atoms with Gasteiger partial charge in [-0.25, -0.2) is 13.4 Å². The molecule has 2 atom stereocenters. The summed E-state index contributed by atoms with van der Waals surface area (Å²) in [5.41, 5.74) is 0. The number of piperidine rings is 1. The van der Waals surface area contributed by atoms with Crippen molar-refractivity contribution in [3.8, 4) is 0 Å². The predicted octanol–water partition coefficient (Wildman–Crippen LogP) is 1.08. The molecule has 0 amide bonds. The van der Waals surface area contributed by atoms with Crippen molar-refractivity contribution < 1.29 is 8.42 Å². The molecule has 0 bridgehead atoms. The zero-order chi connectivity index (χ0) is 13.6. The summed E-state index contributed by atoms with van der Waals surface area (Å²) >= 11 is 0. The molecule has 0 spiro atoms. The molecule has 5 nitrogen and oxygen atoms in total. The summed E-state index contributed by atoms with van der Waals surface area (Å²) in [7, 11) is -3.21. The molecule has 0 aliphatic carbocycles. The summed E-state index contributed by atoms with van der Waals surface area (Å²) in [4.78, 5) is 2.74. The molecule has 0 aromatic heterocycles. The highest BCUT2D eigenvalue weighted by atomic mass is 32.2. The van der Waals surface area contributed by atoms with E-state index in [4.69, 9.17) is 0 Å². The van der Waals surface area contributed by atoms with Crippen molar-refractivity contribution in [2.75, 3.05) is 18.8 Å². The fourth-order valence-corrected chi connectivity index (χ4v) is 3.50. The number of hydrogen-bond acceptors (Lipinski definition) is 4. The number of sulfonamides is 1. The number of nitrogens with one attached hydrogen (secondary N) is 2. The van der Waals surface area contributed by atoms with Crippen LogP contribution in [-0.4, -0.2) is 44.4 Å². The molecule has 0 saturated carbocycles. The third kappa shape index (κ3) is 5.22. The van der Waals surface area contributed by atoms with E-state index in [2.05, 4.69) is 30.9 Å². The average molecular weight is 277 g/mol. The van der Waals surface area contributed by atoms with Crippen LogP contribution in [0, 0.1) is 0 Å². The Morgan fingerprint density at radius 2 is 1.78 bits per heavy atom. The zero-order valence-corrected chi connectivity index (χ0v) is 12.6. The first-order valence-electron chi connectivity index (χ1n) is 6.95. The summed E-state index contributed by atoms with van der Waals surface area (Å²) < 4.78 is 23.9. The predicted molar refractivity (Wildman–Crippen MR) is 74.7 cm³/mol. The van der Waals surface area contributed by atoms with Crippen LogP contribution in [0.3, 0.4) is 0 Å². The zero-order valence-electron chi connectivity index (χ0n) is 11.8. The van der Waals surface area contributed by atoms with Crippen molar-refractivity contribution in [1.82, 2.24) is 15.2 Å². The monoisotopic (exact) mass is 277 g/mol. The number of hydrogen-bond donors (Lipinski definition) is 2. The smallest absolute Gasteiger partial charge is 0.225 e. The Labute approximate surface area is 111 Å². The molecule has 1 rings (SSSR count). The molecule has 1 heterocycles. The number of rotatable bonds is 7. The van der Waals surface area contributed by atoms with Gasteiger partial charge >= 0.3 is 0 Å². The largest absolute Gasteiger partial charge is 0.316 e. The van der Waals surface area contributed by atoms with Gasteiger partial charge in [0.1, 0.15) is 0 Å². The Bertz CT molecular complexity index is 322. The molecule has 0 radical (unpaired) electrons. The van der Waals surface area contributed by atoms with Crippen LogP contribution < -0.4 is 10.1 Å². The van der Waals surface area contributed by atoms with Gasteiger partial charge in [-0.05, 0) is 39.7 Å². The van der Waals surface area contributed by atoms with Crippen LogP contribution in [0.5, 0.6) is 0 Å².